The van der Waals surface area contributed by atoms with Crippen molar-refractivity contribution < 1.29 is 81.6 Å². The lowest BCUT2D eigenvalue weighted by Crippen LogP contribution is -2.48. The summed E-state index contributed by atoms with van der Waals surface area (Å²) in [6.45, 7) is 10.0. The van der Waals surface area contributed by atoms with Crippen LogP contribution in [0.3, 0.4) is 0 Å². The van der Waals surface area contributed by atoms with Crippen LogP contribution in [-0.4, -0.2) is 176 Å². The first-order valence-electron chi connectivity index (χ1n) is 31.9. The van der Waals surface area contributed by atoms with Gasteiger partial charge >= 0.3 is 36.4 Å². The van der Waals surface area contributed by atoms with Crippen LogP contribution in [-0.2, 0) is 34.4 Å². The van der Waals surface area contributed by atoms with Crippen molar-refractivity contribution in [2.45, 2.75) is 178 Å². The molecule has 2 unspecified atom stereocenters. The molecule has 14 atom stereocenters. The van der Waals surface area contributed by atoms with E-state index in [9.17, 15) is 72.1 Å². The molecule has 6 aliphatic carbocycles. The van der Waals surface area contributed by atoms with Gasteiger partial charge in [0.1, 0.15) is 11.5 Å². The van der Waals surface area contributed by atoms with E-state index in [0.29, 0.717) is 86.0 Å². The SMILES string of the molecule is CN1CCN(C(=O)Oc2ccc3c(c2)C[C@@H](CCCS(=O)CCCC(F)(F)C(F)(F)F)[C@@H]2[C@@H]3CC[C@]3(C)[C@@H](O)CC[C@@H]23)CC1.CN1CCN(C(=O)Oc2ccc3c(c2)C[C@@H](CCCS(=O)CCCC(F)(F)C(F)(F)F)[C@@H]2[C@@H]3CC[C@]3(C)[C@@H](O)CC[C@@H]23)CC1.Cl. The molecule has 2 aliphatic heterocycles. The van der Waals surface area contributed by atoms with Crippen LogP contribution in [0.15, 0.2) is 36.4 Å². The fourth-order valence-electron chi connectivity index (χ4n) is 16.9. The van der Waals surface area contributed by atoms with Gasteiger partial charge in [0, 0.05) is 110 Å². The summed E-state index contributed by atoms with van der Waals surface area (Å²) in [5, 5.41) is 21.8. The summed E-state index contributed by atoms with van der Waals surface area (Å²) in [7, 11) is 1.08. The molecule has 4 saturated carbocycles. The van der Waals surface area contributed by atoms with Gasteiger partial charge in [0.2, 0.25) is 0 Å². The van der Waals surface area contributed by atoms with E-state index < -0.39 is 71.5 Å². The molecule has 0 radical (unpaired) electrons. The maximum Gasteiger partial charge on any atom is 0.453 e. The molecular formula is C64H91ClF10N4O8S2. The Morgan fingerprint density at radius 2 is 0.888 bits per heavy atom. The van der Waals surface area contributed by atoms with E-state index in [4.69, 9.17) is 9.47 Å². The second kappa shape index (κ2) is 29.1. The van der Waals surface area contributed by atoms with E-state index >= 15 is 0 Å². The Balaban J connectivity index is 0.000000228. The Bertz CT molecular complexity index is 2610. The van der Waals surface area contributed by atoms with Gasteiger partial charge in [0.15, 0.2) is 0 Å². The number of nitrogens with zero attached hydrogens (tertiary/aromatic N) is 4. The highest BCUT2D eigenvalue weighted by Gasteiger charge is 2.60. The van der Waals surface area contributed by atoms with Gasteiger partial charge in [-0.15, -0.1) is 12.4 Å². The van der Waals surface area contributed by atoms with Crippen molar-refractivity contribution in [1.82, 2.24) is 19.6 Å². The number of alkyl halides is 10. The first-order valence-corrected chi connectivity index (χ1v) is 34.9. The van der Waals surface area contributed by atoms with Crippen molar-refractivity contribution in [1.29, 1.82) is 0 Å². The van der Waals surface area contributed by atoms with Crippen LogP contribution in [0.4, 0.5) is 53.5 Å². The van der Waals surface area contributed by atoms with Crippen molar-refractivity contribution >= 4 is 46.2 Å². The number of halogens is 11. The molecule has 89 heavy (non-hydrogen) atoms. The maximum atomic E-state index is 13.3. The molecule has 2 aromatic carbocycles. The molecule has 2 N–H and O–H groups in total. The zero-order valence-electron chi connectivity index (χ0n) is 51.6. The molecule has 8 aliphatic rings. The minimum absolute atomic E-state index is 0. The number of hydrogen-bond donors (Lipinski definition) is 2. The van der Waals surface area contributed by atoms with Gasteiger partial charge in [0.05, 0.1) is 12.2 Å². The molecule has 2 amide bonds. The predicted molar refractivity (Wildman–Crippen MR) is 324 cm³/mol. The van der Waals surface area contributed by atoms with Gasteiger partial charge < -0.3 is 39.3 Å². The molecule has 2 heterocycles. The number of fused-ring (bicyclic) bond motifs is 10. The monoisotopic (exact) mass is 1330 g/mol. The Hall–Kier alpha value is -3.29. The highest BCUT2D eigenvalue weighted by molar-refractivity contribution is 7.85. The summed E-state index contributed by atoms with van der Waals surface area (Å²) < 4.78 is 165. The second-order valence-electron chi connectivity index (χ2n) is 27.4. The van der Waals surface area contributed by atoms with E-state index in [2.05, 4.69) is 35.8 Å². The topological polar surface area (TPSA) is 140 Å². The highest BCUT2D eigenvalue weighted by atomic mass is 35.5. The fraction of sp³-hybridized carbons (Fsp3) is 0.781. The minimum Gasteiger partial charge on any atom is -0.410 e. The van der Waals surface area contributed by atoms with E-state index in [0.717, 1.165) is 114 Å². The summed E-state index contributed by atoms with van der Waals surface area (Å²) >= 11 is 0. The normalized spacial score (nSPS) is 31.3. The quantitative estimate of drug-likeness (QED) is 0.139. The number of amides is 2. The standard InChI is InChI=1S/2C32H45F5N2O4S.ClH/c2*1-30-12-10-25-24-7-6-23(43-29(41)39-15-13-38(2)14-16-39)20-22(24)19-21(28(25)26(30)8-9-27(30)40)5-3-17-44(42)18-4-11-31(33,34)32(35,36)37;/h2*6-7,20-21,25-28,40H,3-5,8-19H2,1-2H3;1H/t2*21-,25-,26+,27+,28-,30+,44?;/m11./s1. The molecule has 2 aromatic rings. The Kier molecular flexibility index (Phi) is 23.4. The lowest BCUT2D eigenvalue weighted by atomic mass is 9.52. The average molecular weight is 1330 g/mol. The largest absolute Gasteiger partial charge is 0.453 e. The molecule has 504 valence electrons. The van der Waals surface area contributed by atoms with Gasteiger partial charge in [-0.3, -0.25) is 8.42 Å². The van der Waals surface area contributed by atoms with E-state index in [-0.39, 0.29) is 82.5 Å². The van der Waals surface area contributed by atoms with Gasteiger partial charge in [-0.2, -0.15) is 43.9 Å². The molecule has 0 aromatic heterocycles. The van der Waals surface area contributed by atoms with Crippen molar-refractivity contribution in [3.63, 3.8) is 0 Å². The van der Waals surface area contributed by atoms with Crippen molar-refractivity contribution in [2.24, 2.45) is 46.3 Å². The summed E-state index contributed by atoms with van der Waals surface area (Å²) in [6, 6.07) is 11.9. The van der Waals surface area contributed by atoms with Crippen molar-refractivity contribution in [2.75, 3.05) is 89.5 Å². The van der Waals surface area contributed by atoms with Crippen LogP contribution in [0.25, 0.3) is 0 Å². The number of aliphatic hydroxyl groups excluding tert-OH is 2. The van der Waals surface area contributed by atoms with Gasteiger partial charge in [-0.05, 0) is 222 Å². The lowest BCUT2D eigenvalue weighted by molar-refractivity contribution is -0.284. The minimum atomic E-state index is -5.59. The fourth-order valence-corrected chi connectivity index (χ4v) is 19.2. The number of benzene rings is 2. The third-order valence-electron chi connectivity index (χ3n) is 22.0. The van der Waals surface area contributed by atoms with Crippen LogP contribution in [0.5, 0.6) is 11.5 Å². The first-order chi connectivity index (χ1) is 41.4. The third-order valence-corrected chi connectivity index (χ3v) is 25.0. The smallest absolute Gasteiger partial charge is 0.410 e. The molecule has 0 spiro atoms. The lowest BCUT2D eigenvalue weighted by Gasteiger charge is -2.53. The number of hydrogen-bond acceptors (Lipinski definition) is 10. The van der Waals surface area contributed by atoms with E-state index in [1.165, 1.54) is 11.1 Å². The zero-order valence-corrected chi connectivity index (χ0v) is 54.0. The molecule has 25 heteroatoms. The second-order valence-corrected chi connectivity index (χ2v) is 30.8. The molecule has 6 fully saturated rings. The molecule has 0 bridgehead atoms. The number of rotatable bonds is 18. The average Bonchev–Trinajstić information content (AvgIpc) is 1.74. The highest BCUT2D eigenvalue weighted by Crippen LogP contribution is 2.64. The van der Waals surface area contributed by atoms with E-state index in [1.807, 2.05) is 38.4 Å². The van der Waals surface area contributed by atoms with Crippen LogP contribution in [0, 0.1) is 46.3 Å². The molecular weight excluding hydrogens is 1240 g/mol. The Morgan fingerprint density at radius 1 is 0.539 bits per heavy atom. The van der Waals surface area contributed by atoms with Gasteiger partial charge in [-0.25, -0.2) is 9.59 Å². The number of carbonyl (C=O) groups excluding carboxylic acids is 2. The Morgan fingerprint density at radius 3 is 1.24 bits per heavy atom. The van der Waals surface area contributed by atoms with Crippen LogP contribution >= 0.6 is 12.4 Å². The maximum absolute atomic E-state index is 13.3. The van der Waals surface area contributed by atoms with Gasteiger partial charge in [-0.1, -0.05) is 26.0 Å². The van der Waals surface area contributed by atoms with E-state index in [1.54, 1.807) is 9.80 Å². The zero-order chi connectivity index (χ0) is 63.7. The number of likely N-dealkylation sites (N-methyl/N-ethyl adjacent to an activating group) is 2. The Labute approximate surface area is 528 Å². The number of carbonyl (C=O) groups is 2. The predicted octanol–water partition coefficient (Wildman–Crippen LogP) is 13.2. The van der Waals surface area contributed by atoms with Crippen LogP contribution < -0.4 is 9.47 Å². The summed E-state index contributed by atoms with van der Waals surface area (Å²) in [5.41, 5.74) is 4.50. The number of piperazine rings is 2. The van der Waals surface area contributed by atoms with Gasteiger partial charge in [0.25, 0.3) is 0 Å². The summed E-state index contributed by atoms with van der Waals surface area (Å²) in [4.78, 5) is 33.5. The molecule has 10 rings (SSSR count). The molecule has 12 nitrogen and oxygen atoms in total. The summed E-state index contributed by atoms with van der Waals surface area (Å²) in [5.74, 6) is -5.94. The van der Waals surface area contributed by atoms with Crippen molar-refractivity contribution in [3.8, 4) is 11.5 Å². The van der Waals surface area contributed by atoms with Crippen LogP contribution in [0.2, 0.25) is 0 Å². The molecule has 2 saturated heterocycles. The number of aliphatic hydroxyl groups is 2. The first kappa shape index (κ1) is 71.6. The summed E-state index contributed by atoms with van der Waals surface area (Å²) in [6.07, 6.45) is -4.81. The number of ether oxygens (including phenoxy) is 2. The van der Waals surface area contributed by atoms with Crippen LogP contribution in [0.1, 0.15) is 151 Å². The third kappa shape index (κ3) is 16.3. The van der Waals surface area contributed by atoms with Crippen molar-refractivity contribution in [3.05, 3.63) is 58.7 Å².